The molecule has 1 saturated heterocycles. The molecule has 0 amide bonds. The van der Waals surface area contributed by atoms with Gasteiger partial charge in [-0.2, -0.15) is 0 Å². The lowest BCUT2D eigenvalue weighted by Gasteiger charge is -2.51. The van der Waals surface area contributed by atoms with Crippen LogP contribution in [0.5, 0.6) is 5.75 Å². The van der Waals surface area contributed by atoms with Gasteiger partial charge < -0.3 is 24.9 Å². The Morgan fingerprint density at radius 2 is 2.22 bits per heavy atom. The van der Waals surface area contributed by atoms with E-state index in [9.17, 15) is 9.90 Å². The molecule has 172 valence electrons. The van der Waals surface area contributed by atoms with Gasteiger partial charge in [-0.3, -0.25) is 4.79 Å². The first-order valence-corrected chi connectivity index (χ1v) is 12.0. The molecule has 1 aromatic carbocycles. The van der Waals surface area contributed by atoms with E-state index in [1.54, 1.807) is 7.11 Å². The average molecular weight is 440 g/mol. The van der Waals surface area contributed by atoms with Gasteiger partial charge in [0.2, 0.25) is 0 Å². The SMILES string of the molecule is COc1ccc2[nH]cc(CC[NH2+]C[C@@H]3C(=O)O[C@@H]4CC5=CCC[C@H](C)[C@@]5(C)[C@@H](O)[C@H]34)c2c1. The van der Waals surface area contributed by atoms with Crippen LogP contribution < -0.4 is 10.1 Å². The molecule has 6 nitrogen and oxygen atoms in total. The van der Waals surface area contributed by atoms with Gasteiger partial charge in [0.25, 0.3) is 0 Å². The van der Waals surface area contributed by atoms with Crippen LogP contribution in [0.3, 0.4) is 0 Å². The molecule has 0 unspecified atom stereocenters. The first-order chi connectivity index (χ1) is 15.4. The highest BCUT2D eigenvalue weighted by Crippen LogP contribution is 2.55. The summed E-state index contributed by atoms with van der Waals surface area (Å²) >= 11 is 0. The number of rotatable bonds is 6. The maximum Gasteiger partial charge on any atom is 0.315 e. The number of H-pyrrole nitrogens is 1. The number of nitrogens with one attached hydrogen (secondary N) is 1. The summed E-state index contributed by atoms with van der Waals surface area (Å²) in [6.45, 7) is 5.97. The minimum absolute atomic E-state index is 0.112. The van der Waals surface area contributed by atoms with Gasteiger partial charge in [-0.1, -0.05) is 25.5 Å². The standard InChI is InChI=1S/C26H34N2O4/c1-15-5-4-6-17-11-22-23(24(29)26(15,17)2)20(25(30)32-22)14-27-10-9-16-13-28-21-8-7-18(31-3)12-19(16)21/h6-8,12-13,15,20,22-24,27-29H,4-5,9-11,14H2,1-3H3/p+1/t15-,20-,22+,23+,24-,26+/m0/s1. The molecule has 6 heteroatoms. The Balaban J connectivity index is 1.25. The number of carbonyl (C=O) groups excluding carboxylic acids is 1. The molecule has 2 heterocycles. The zero-order chi connectivity index (χ0) is 22.5. The number of carbonyl (C=O) groups is 1. The van der Waals surface area contributed by atoms with Crippen LogP contribution >= 0.6 is 0 Å². The van der Waals surface area contributed by atoms with Crippen LogP contribution in [0.1, 0.15) is 38.7 Å². The smallest absolute Gasteiger partial charge is 0.315 e. The van der Waals surface area contributed by atoms with E-state index in [2.05, 4.69) is 42.5 Å². The number of allylic oxidation sites excluding steroid dienone is 1. The normalized spacial score (nSPS) is 34.1. The van der Waals surface area contributed by atoms with Gasteiger partial charge in [-0.15, -0.1) is 0 Å². The first-order valence-electron chi connectivity index (χ1n) is 12.0. The average Bonchev–Trinajstić information content (AvgIpc) is 3.33. The summed E-state index contributed by atoms with van der Waals surface area (Å²) < 4.78 is 11.1. The minimum atomic E-state index is -0.534. The summed E-state index contributed by atoms with van der Waals surface area (Å²) in [6, 6.07) is 6.06. The van der Waals surface area contributed by atoms with Gasteiger partial charge >= 0.3 is 5.97 Å². The fourth-order valence-corrected chi connectivity index (χ4v) is 6.38. The van der Waals surface area contributed by atoms with Crippen molar-refractivity contribution in [1.29, 1.82) is 0 Å². The Bertz CT molecular complexity index is 1040. The number of aliphatic hydroxyl groups excluding tert-OH is 1. The van der Waals surface area contributed by atoms with Crippen LogP contribution in [0.4, 0.5) is 0 Å². The van der Waals surface area contributed by atoms with E-state index in [-0.39, 0.29) is 29.3 Å². The zero-order valence-electron chi connectivity index (χ0n) is 19.3. The molecule has 4 N–H and O–H groups in total. The maximum absolute atomic E-state index is 12.8. The second-order valence-electron chi connectivity index (χ2n) is 10.1. The molecule has 3 aliphatic rings. The van der Waals surface area contributed by atoms with E-state index in [1.165, 1.54) is 16.5 Å². The summed E-state index contributed by atoms with van der Waals surface area (Å²) in [5.41, 5.74) is 3.40. The molecular weight excluding hydrogens is 404 g/mol. The van der Waals surface area contributed by atoms with E-state index in [1.807, 2.05) is 12.1 Å². The summed E-state index contributed by atoms with van der Waals surface area (Å²) in [7, 11) is 1.68. The highest BCUT2D eigenvalue weighted by molar-refractivity contribution is 5.84. The molecule has 1 aliphatic heterocycles. The number of hydrogen-bond donors (Lipinski definition) is 3. The highest BCUT2D eigenvalue weighted by atomic mass is 16.6. The molecule has 1 aromatic heterocycles. The van der Waals surface area contributed by atoms with Crippen molar-refractivity contribution in [2.45, 2.75) is 51.7 Å². The van der Waals surface area contributed by atoms with Gasteiger partial charge in [0.15, 0.2) is 0 Å². The molecule has 0 spiro atoms. The molecule has 6 atom stereocenters. The zero-order valence-corrected chi connectivity index (χ0v) is 19.3. The van der Waals surface area contributed by atoms with Gasteiger partial charge in [0, 0.05) is 41.3 Å². The number of aromatic nitrogens is 1. The largest absolute Gasteiger partial charge is 0.497 e. The predicted octanol–water partition coefficient (Wildman–Crippen LogP) is 2.57. The lowest BCUT2D eigenvalue weighted by Crippen LogP contribution is -2.86. The molecule has 0 radical (unpaired) electrons. The highest BCUT2D eigenvalue weighted by Gasteiger charge is 2.60. The maximum atomic E-state index is 12.8. The minimum Gasteiger partial charge on any atom is -0.497 e. The summed E-state index contributed by atoms with van der Waals surface area (Å²) in [6.07, 6.45) is 7.45. The summed E-state index contributed by atoms with van der Waals surface area (Å²) in [5.74, 6) is 0.775. The first kappa shape index (κ1) is 21.5. The number of benzene rings is 1. The van der Waals surface area contributed by atoms with Crippen molar-refractivity contribution in [3.63, 3.8) is 0 Å². The molecule has 0 bridgehead atoms. The van der Waals surface area contributed by atoms with E-state index < -0.39 is 6.10 Å². The quantitative estimate of drug-likeness (QED) is 0.367. The van der Waals surface area contributed by atoms with Crippen LogP contribution in [0.15, 0.2) is 36.0 Å². The topological polar surface area (TPSA) is 88.2 Å². The van der Waals surface area contributed by atoms with E-state index >= 15 is 0 Å². The molecule has 2 fully saturated rings. The third-order valence-electron chi connectivity index (χ3n) is 8.58. The van der Waals surface area contributed by atoms with Crippen LogP contribution in [-0.4, -0.2) is 48.5 Å². The number of aromatic amines is 1. The number of hydrogen-bond acceptors (Lipinski definition) is 4. The second kappa shape index (κ2) is 8.23. The van der Waals surface area contributed by atoms with Crippen LogP contribution in [0, 0.1) is 23.2 Å². The molecule has 32 heavy (non-hydrogen) atoms. The third kappa shape index (κ3) is 3.35. The number of methoxy groups -OCH3 is 1. The Labute approximate surface area is 189 Å². The Morgan fingerprint density at radius 1 is 1.38 bits per heavy atom. The predicted molar refractivity (Wildman–Crippen MR) is 122 cm³/mol. The van der Waals surface area contributed by atoms with Crippen molar-refractivity contribution in [3.05, 3.63) is 41.6 Å². The Morgan fingerprint density at radius 3 is 3.03 bits per heavy atom. The van der Waals surface area contributed by atoms with Crippen molar-refractivity contribution < 1.29 is 24.7 Å². The van der Waals surface area contributed by atoms with Gasteiger partial charge in [0.05, 0.1) is 26.3 Å². The second-order valence-corrected chi connectivity index (χ2v) is 10.1. The number of nitrogens with two attached hydrogens (primary N) is 1. The monoisotopic (exact) mass is 439 g/mol. The fourth-order valence-electron chi connectivity index (χ4n) is 6.38. The number of aliphatic hydroxyl groups is 1. The lowest BCUT2D eigenvalue weighted by molar-refractivity contribution is -0.659. The number of quaternary nitrogens is 1. The van der Waals surface area contributed by atoms with E-state index in [4.69, 9.17) is 9.47 Å². The van der Waals surface area contributed by atoms with Gasteiger partial charge in [-0.25, -0.2) is 0 Å². The van der Waals surface area contributed by atoms with E-state index in [0.29, 0.717) is 12.5 Å². The van der Waals surface area contributed by atoms with Crippen molar-refractivity contribution in [2.24, 2.45) is 23.2 Å². The number of ether oxygens (including phenoxy) is 2. The summed E-state index contributed by atoms with van der Waals surface area (Å²) in [4.78, 5) is 16.1. The Hall–Kier alpha value is -2.31. The third-order valence-corrected chi connectivity index (χ3v) is 8.58. The van der Waals surface area contributed by atoms with Gasteiger partial charge in [-0.05, 0) is 42.5 Å². The molecule has 5 rings (SSSR count). The van der Waals surface area contributed by atoms with Crippen molar-refractivity contribution >= 4 is 16.9 Å². The van der Waals surface area contributed by atoms with Crippen molar-refractivity contribution in [2.75, 3.05) is 20.2 Å². The molecule has 1 saturated carbocycles. The van der Waals surface area contributed by atoms with Gasteiger partial charge in [0.1, 0.15) is 17.8 Å². The number of fused-ring (bicyclic) bond motifs is 3. The Kier molecular flexibility index (Phi) is 5.54. The molecule has 2 aliphatic carbocycles. The van der Waals surface area contributed by atoms with Crippen molar-refractivity contribution in [1.82, 2.24) is 4.98 Å². The number of esters is 1. The fraction of sp³-hybridized carbons (Fsp3) is 0.577. The van der Waals surface area contributed by atoms with Crippen molar-refractivity contribution in [3.8, 4) is 5.75 Å². The molecule has 2 aromatic rings. The molecular formula is C26H35N2O4+. The summed E-state index contributed by atoms with van der Waals surface area (Å²) in [5, 5.41) is 14.9. The van der Waals surface area contributed by atoms with Crippen LogP contribution in [0.2, 0.25) is 0 Å². The van der Waals surface area contributed by atoms with Crippen LogP contribution in [0.25, 0.3) is 10.9 Å². The van der Waals surface area contributed by atoms with E-state index in [0.717, 1.165) is 43.5 Å². The lowest BCUT2D eigenvalue weighted by atomic mass is 9.55. The van der Waals surface area contributed by atoms with Crippen LogP contribution in [-0.2, 0) is 16.0 Å².